The molecule has 0 saturated carbocycles. The minimum absolute atomic E-state index is 0.804. The third-order valence-electron chi connectivity index (χ3n) is 7.51. The second-order valence-electron chi connectivity index (χ2n) is 10.6. The van der Waals surface area contributed by atoms with Crippen molar-refractivity contribution in [1.29, 1.82) is 0 Å². The van der Waals surface area contributed by atoms with E-state index in [1.54, 1.807) is 0 Å². The summed E-state index contributed by atoms with van der Waals surface area (Å²) in [6.45, 7) is 16.3. The topological polar surface area (TPSA) is 54.0 Å². The molecule has 7 nitrogen and oxygen atoms in total. The molecule has 0 bridgehead atoms. The molecular weight excluding hydrogens is 446 g/mol. The number of hydrogen-bond acceptors (Lipinski definition) is 6. The summed E-state index contributed by atoms with van der Waals surface area (Å²) in [7, 11) is 2.15. The number of fused-ring (bicyclic) bond motifs is 1. The number of likely N-dealkylation sites (N-methyl/N-ethyl adjacent to an activating group) is 1. The van der Waals surface area contributed by atoms with Gasteiger partial charge in [-0.3, -0.25) is 14.8 Å². The highest BCUT2D eigenvalue weighted by molar-refractivity contribution is 5.85. The molecular formula is C29H47N7. The van der Waals surface area contributed by atoms with E-state index in [0.29, 0.717) is 0 Å². The fourth-order valence-electron chi connectivity index (χ4n) is 5.56. The van der Waals surface area contributed by atoms with Crippen molar-refractivity contribution in [3.05, 3.63) is 53.1 Å². The van der Waals surface area contributed by atoms with Gasteiger partial charge in [-0.15, -0.1) is 0 Å². The first kappa shape index (κ1) is 26.8. The third kappa shape index (κ3) is 7.89. The molecule has 1 aromatic carbocycles. The first-order chi connectivity index (χ1) is 17.6. The van der Waals surface area contributed by atoms with E-state index in [9.17, 15) is 0 Å². The number of H-pyrrole nitrogens is 1. The second-order valence-corrected chi connectivity index (χ2v) is 10.6. The zero-order valence-electron chi connectivity index (χ0n) is 22.9. The van der Waals surface area contributed by atoms with Gasteiger partial charge in [-0.25, -0.2) is 4.98 Å². The number of aromatic amines is 1. The third-order valence-corrected chi connectivity index (χ3v) is 7.51. The Morgan fingerprint density at radius 2 is 1.81 bits per heavy atom. The van der Waals surface area contributed by atoms with Crippen LogP contribution in [0.25, 0.3) is 0 Å². The van der Waals surface area contributed by atoms with Crippen LogP contribution >= 0.6 is 0 Å². The Hall–Kier alpha value is -2.22. The average Bonchev–Trinajstić information content (AvgIpc) is 3.54. The maximum atomic E-state index is 4.73. The number of nitrogens with zero attached hydrogens (tertiary/aromatic N) is 6. The van der Waals surface area contributed by atoms with Crippen molar-refractivity contribution in [2.45, 2.75) is 65.6 Å². The summed E-state index contributed by atoms with van der Waals surface area (Å²) >= 11 is 0. The van der Waals surface area contributed by atoms with Gasteiger partial charge >= 0.3 is 0 Å². The number of benzene rings is 1. The Labute approximate surface area is 218 Å². The summed E-state index contributed by atoms with van der Waals surface area (Å²) in [6, 6.07) is 7.17. The van der Waals surface area contributed by atoms with Crippen LogP contribution in [0.4, 0.5) is 0 Å². The number of aromatic nitrogens is 2. The summed E-state index contributed by atoms with van der Waals surface area (Å²) in [5, 5.41) is 0. The van der Waals surface area contributed by atoms with Gasteiger partial charge in [-0.1, -0.05) is 32.0 Å². The van der Waals surface area contributed by atoms with Gasteiger partial charge in [0.15, 0.2) is 0 Å². The predicted octanol–water partition coefficient (Wildman–Crippen LogP) is 4.02. The molecule has 4 rings (SSSR count). The summed E-state index contributed by atoms with van der Waals surface area (Å²) in [6.07, 6.45) is 10.0. The van der Waals surface area contributed by atoms with Gasteiger partial charge in [0.1, 0.15) is 11.7 Å². The highest BCUT2D eigenvalue weighted by Gasteiger charge is 2.20. The molecule has 0 radical (unpaired) electrons. The number of amidine groups is 1. The molecule has 7 heteroatoms. The molecule has 3 heterocycles. The number of rotatable bonds is 15. The molecule has 0 saturated heterocycles. The number of nitrogens with one attached hydrogen (secondary N) is 1. The van der Waals surface area contributed by atoms with E-state index in [1.165, 1.54) is 80.9 Å². The fraction of sp³-hybridized carbons (Fsp3) is 0.655. The van der Waals surface area contributed by atoms with E-state index in [1.807, 2.05) is 12.4 Å². The molecule has 0 amide bonds. The minimum Gasteiger partial charge on any atom is -0.360 e. The van der Waals surface area contributed by atoms with Crippen LogP contribution in [-0.4, -0.2) is 94.8 Å². The Morgan fingerprint density at radius 1 is 0.944 bits per heavy atom. The van der Waals surface area contributed by atoms with Gasteiger partial charge < -0.3 is 14.8 Å². The molecule has 0 spiro atoms. The lowest BCUT2D eigenvalue weighted by atomic mass is 9.97. The average molecular weight is 494 g/mol. The van der Waals surface area contributed by atoms with Crippen molar-refractivity contribution in [1.82, 2.24) is 29.6 Å². The van der Waals surface area contributed by atoms with Crippen LogP contribution in [0.2, 0.25) is 0 Å². The standard InChI is InChI=1S/C29H47N7/c1-4-14-34(15-5-2)16-6-7-17-35-18-10-26-20-25(8-9-27(26)22-35)21-36(23-28-30-11-12-31-28)24-29-32-13-19-33(29)3/h8-9,11-12,20H,4-7,10,13-19,21-24H2,1-3H3,(H,30,31). The lowest BCUT2D eigenvalue weighted by Gasteiger charge is -2.30. The number of unbranched alkanes of at least 4 members (excludes halogenated alkanes) is 1. The molecule has 36 heavy (non-hydrogen) atoms. The highest BCUT2D eigenvalue weighted by Crippen LogP contribution is 2.22. The molecule has 0 fully saturated rings. The SMILES string of the molecule is CCCN(CCC)CCCCN1CCc2cc(CN(CC3=NCCN3C)Cc3ncc[nH]3)ccc2C1. The van der Waals surface area contributed by atoms with Gasteiger partial charge in [-0.2, -0.15) is 0 Å². The van der Waals surface area contributed by atoms with Crippen molar-refractivity contribution in [3.63, 3.8) is 0 Å². The lowest BCUT2D eigenvalue weighted by molar-refractivity contribution is 0.230. The van der Waals surface area contributed by atoms with Crippen molar-refractivity contribution in [2.24, 2.45) is 4.99 Å². The molecule has 0 aliphatic carbocycles. The highest BCUT2D eigenvalue weighted by atomic mass is 15.3. The van der Waals surface area contributed by atoms with E-state index in [-0.39, 0.29) is 0 Å². The van der Waals surface area contributed by atoms with Crippen LogP contribution in [0.5, 0.6) is 0 Å². The number of imidazole rings is 1. The molecule has 198 valence electrons. The number of hydrogen-bond donors (Lipinski definition) is 1. The zero-order chi connectivity index (χ0) is 25.2. The molecule has 1 aromatic heterocycles. The summed E-state index contributed by atoms with van der Waals surface area (Å²) in [5.74, 6) is 2.19. The van der Waals surface area contributed by atoms with Crippen molar-refractivity contribution in [3.8, 4) is 0 Å². The van der Waals surface area contributed by atoms with Crippen LogP contribution in [0.15, 0.2) is 35.6 Å². The van der Waals surface area contributed by atoms with Crippen LogP contribution in [0.3, 0.4) is 0 Å². The predicted molar refractivity (Wildman–Crippen MR) is 149 cm³/mol. The van der Waals surface area contributed by atoms with Gasteiger partial charge in [-0.05, 0) is 75.0 Å². The normalized spacial score (nSPS) is 16.2. The van der Waals surface area contributed by atoms with Crippen molar-refractivity contribution in [2.75, 3.05) is 59.4 Å². The summed E-state index contributed by atoms with van der Waals surface area (Å²) < 4.78 is 0. The van der Waals surface area contributed by atoms with Gasteiger partial charge in [0.05, 0.1) is 19.6 Å². The molecule has 0 unspecified atom stereocenters. The number of aliphatic imine (C=N–C) groups is 1. The molecule has 2 aliphatic rings. The first-order valence-electron chi connectivity index (χ1n) is 14.1. The quantitative estimate of drug-likeness (QED) is 0.380. The van der Waals surface area contributed by atoms with Gasteiger partial charge in [0.2, 0.25) is 0 Å². The lowest BCUT2D eigenvalue weighted by Crippen LogP contribution is -2.36. The maximum Gasteiger partial charge on any atom is 0.120 e. The smallest absolute Gasteiger partial charge is 0.120 e. The van der Waals surface area contributed by atoms with E-state index < -0.39 is 0 Å². The van der Waals surface area contributed by atoms with Crippen molar-refractivity contribution < 1.29 is 0 Å². The van der Waals surface area contributed by atoms with Crippen LogP contribution in [0.1, 0.15) is 62.0 Å². The Kier molecular flexibility index (Phi) is 10.4. The van der Waals surface area contributed by atoms with Crippen molar-refractivity contribution >= 4 is 5.84 Å². The fourth-order valence-corrected chi connectivity index (χ4v) is 5.56. The maximum absolute atomic E-state index is 4.73. The minimum atomic E-state index is 0.804. The molecule has 1 N–H and O–H groups in total. The van der Waals surface area contributed by atoms with E-state index in [4.69, 9.17) is 4.99 Å². The Bertz CT molecular complexity index is 933. The largest absolute Gasteiger partial charge is 0.360 e. The van der Waals surface area contributed by atoms with Crippen LogP contribution in [0, 0.1) is 0 Å². The van der Waals surface area contributed by atoms with E-state index in [0.717, 1.165) is 51.5 Å². The monoisotopic (exact) mass is 493 g/mol. The summed E-state index contributed by atoms with van der Waals surface area (Å²) in [4.78, 5) is 22.5. The van der Waals surface area contributed by atoms with Crippen LogP contribution < -0.4 is 0 Å². The summed E-state index contributed by atoms with van der Waals surface area (Å²) in [5.41, 5.74) is 4.44. The first-order valence-corrected chi connectivity index (χ1v) is 14.1. The zero-order valence-corrected chi connectivity index (χ0v) is 22.9. The second kappa shape index (κ2) is 13.9. The molecule has 0 atom stereocenters. The van der Waals surface area contributed by atoms with Gasteiger partial charge in [0.25, 0.3) is 0 Å². The van der Waals surface area contributed by atoms with E-state index >= 15 is 0 Å². The molecule has 2 aromatic rings. The van der Waals surface area contributed by atoms with Gasteiger partial charge in [0, 0.05) is 45.6 Å². The van der Waals surface area contributed by atoms with E-state index in [2.05, 4.69) is 68.7 Å². The molecule has 2 aliphatic heterocycles. The Morgan fingerprint density at radius 3 is 2.53 bits per heavy atom. The Balaban J connectivity index is 1.29. The van der Waals surface area contributed by atoms with Crippen LogP contribution in [-0.2, 0) is 26.1 Å².